The third kappa shape index (κ3) is 6.64. The molecule has 4 aromatic carbocycles. The number of hydrogen-bond acceptors (Lipinski definition) is 3. The molecule has 0 amide bonds. The highest BCUT2D eigenvalue weighted by Gasteiger charge is 2.04. The van der Waals surface area contributed by atoms with E-state index in [2.05, 4.69) is 66.0 Å². The normalized spacial score (nSPS) is 10.5. The molecule has 32 heavy (non-hydrogen) atoms. The molecule has 0 aliphatic carbocycles. The van der Waals surface area contributed by atoms with Crippen LogP contribution in [0.25, 0.3) is 0 Å². The fraction of sp³-hybridized carbons (Fsp3) is 0.172. The molecular formula is C29H29NO2. The smallest absolute Gasteiger partial charge is 0.124 e. The lowest BCUT2D eigenvalue weighted by Crippen LogP contribution is -2.06. The summed E-state index contributed by atoms with van der Waals surface area (Å²) in [6.07, 6.45) is 1.79. The lowest BCUT2D eigenvalue weighted by atomic mass is 10.1. The zero-order valence-electron chi connectivity index (χ0n) is 18.2. The Morgan fingerprint density at radius 1 is 0.562 bits per heavy atom. The van der Waals surface area contributed by atoms with Crippen LogP contribution in [0.4, 0.5) is 5.69 Å². The largest absolute Gasteiger partial charge is 0.493 e. The predicted molar refractivity (Wildman–Crippen MR) is 131 cm³/mol. The minimum Gasteiger partial charge on any atom is -0.493 e. The van der Waals surface area contributed by atoms with Gasteiger partial charge in [-0.05, 0) is 29.3 Å². The van der Waals surface area contributed by atoms with E-state index in [1.165, 1.54) is 11.1 Å². The number of benzene rings is 4. The Labute approximate surface area is 190 Å². The maximum atomic E-state index is 6.08. The van der Waals surface area contributed by atoms with E-state index in [4.69, 9.17) is 9.47 Å². The van der Waals surface area contributed by atoms with Crippen molar-refractivity contribution in [3.63, 3.8) is 0 Å². The van der Waals surface area contributed by atoms with Crippen LogP contribution in [0.3, 0.4) is 0 Å². The topological polar surface area (TPSA) is 30.5 Å². The average molecular weight is 424 g/mol. The van der Waals surface area contributed by atoms with Gasteiger partial charge in [0.25, 0.3) is 0 Å². The minimum absolute atomic E-state index is 0.658. The van der Waals surface area contributed by atoms with Gasteiger partial charge in [0.1, 0.15) is 11.5 Å². The summed E-state index contributed by atoms with van der Waals surface area (Å²) in [5, 5.41) is 3.50. The third-order valence-electron chi connectivity index (χ3n) is 5.28. The van der Waals surface area contributed by atoms with Gasteiger partial charge < -0.3 is 14.8 Å². The van der Waals surface area contributed by atoms with Gasteiger partial charge in [-0.15, -0.1) is 0 Å². The summed E-state index contributed by atoms with van der Waals surface area (Å²) in [7, 11) is 0. The van der Waals surface area contributed by atoms with Crippen molar-refractivity contribution in [1.82, 2.24) is 0 Å². The van der Waals surface area contributed by atoms with Crippen molar-refractivity contribution >= 4 is 5.69 Å². The Balaban J connectivity index is 1.28. The Hall–Kier alpha value is -3.72. The Bertz CT molecular complexity index is 1080. The van der Waals surface area contributed by atoms with Crippen LogP contribution in [0.15, 0.2) is 109 Å². The van der Waals surface area contributed by atoms with Crippen molar-refractivity contribution in [1.29, 1.82) is 0 Å². The highest BCUT2D eigenvalue weighted by Crippen LogP contribution is 2.22. The first-order chi connectivity index (χ1) is 15.9. The maximum absolute atomic E-state index is 6.08. The molecule has 0 bridgehead atoms. The third-order valence-corrected chi connectivity index (χ3v) is 5.28. The van der Waals surface area contributed by atoms with Crippen LogP contribution in [0.1, 0.15) is 16.7 Å². The minimum atomic E-state index is 0.658. The second kappa shape index (κ2) is 11.6. The molecule has 0 aromatic heterocycles. The van der Waals surface area contributed by atoms with Crippen molar-refractivity contribution in [2.45, 2.75) is 19.4 Å². The molecule has 1 N–H and O–H groups in total. The summed E-state index contributed by atoms with van der Waals surface area (Å²) in [5.74, 6) is 1.80. The van der Waals surface area contributed by atoms with E-state index in [-0.39, 0.29) is 0 Å². The molecule has 0 aliphatic rings. The second-order valence-corrected chi connectivity index (χ2v) is 7.66. The molecule has 3 nitrogen and oxygen atoms in total. The highest BCUT2D eigenvalue weighted by molar-refractivity contribution is 5.49. The average Bonchev–Trinajstić information content (AvgIpc) is 2.85. The first-order valence-corrected chi connectivity index (χ1v) is 11.1. The molecule has 0 radical (unpaired) electrons. The van der Waals surface area contributed by atoms with Gasteiger partial charge in [0, 0.05) is 36.7 Å². The quantitative estimate of drug-likeness (QED) is 0.297. The number of anilines is 1. The second-order valence-electron chi connectivity index (χ2n) is 7.66. The van der Waals surface area contributed by atoms with Gasteiger partial charge in [-0.1, -0.05) is 84.9 Å². The summed E-state index contributed by atoms with van der Waals surface area (Å²) in [4.78, 5) is 0. The van der Waals surface area contributed by atoms with Crippen LogP contribution in [0.2, 0.25) is 0 Å². The zero-order chi connectivity index (χ0) is 21.8. The van der Waals surface area contributed by atoms with Gasteiger partial charge in [-0.3, -0.25) is 0 Å². The molecule has 0 atom stereocenters. The van der Waals surface area contributed by atoms with E-state index in [1.807, 2.05) is 48.5 Å². The number of para-hydroxylation sites is 1. The monoisotopic (exact) mass is 423 g/mol. The van der Waals surface area contributed by atoms with Crippen molar-refractivity contribution < 1.29 is 9.47 Å². The number of rotatable bonds is 11. The summed E-state index contributed by atoms with van der Waals surface area (Å²) in [6, 6.07) is 37.1. The van der Waals surface area contributed by atoms with Crippen LogP contribution >= 0.6 is 0 Å². The van der Waals surface area contributed by atoms with Gasteiger partial charge in [0.15, 0.2) is 0 Å². The van der Waals surface area contributed by atoms with E-state index in [0.29, 0.717) is 19.8 Å². The van der Waals surface area contributed by atoms with E-state index < -0.39 is 0 Å². The predicted octanol–water partition coefficient (Wildman–Crippen LogP) is 6.54. The summed E-state index contributed by atoms with van der Waals surface area (Å²) in [5.41, 5.74) is 4.73. The lowest BCUT2D eigenvalue weighted by molar-refractivity contribution is 0.319. The summed E-state index contributed by atoms with van der Waals surface area (Å²) >= 11 is 0. The molecule has 0 spiro atoms. The zero-order valence-corrected chi connectivity index (χ0v) is 18.2. The Kier molecular flexibility index (Phi) is 7.81. The standard InChI is InChI=1S/C29H29NO2/c1-3-10-24(11-4-1)18-20-31-28-16-9-15-27(22-28)30-23-26-14-7-8-17-29(26)32-21-19-25-12-5-2-6-13-25/h1-17,22,30H,18-21,23H2. The Morgan fingerprint density at radius 2 is 1.19 bits per heavy atom. The fourth-order valence-electron chi connectivity index (χ4n) is 3.54. The van der Waals surface area contributed by atoms with Gasteiger partial charge in [0.2, 0.25) is 0 Å². The SMILES string of the molecule is c1ccc(CCOc2cccc(NCc3ccccc3OCCc3ccccc3)c2)cc1. The molecule has 4 aromatic rings. The van der Waals surface area contributed by atoms with E-state index in [1.54, 1.807) is 0 Å². The maximum Gasteiger partial charge on any atom is 0.124 e. The summed E-state index contributed by atoms with van der Waals surface area (Å²) in [6.45, 7) is 2.01. The lowest BCUT2D eigenvalue weighted by Gasteiger charge is -2.14. The first-order valence-electron chi connectivity index (χ1n) is 11.1. The van der Waals surface area contributed by atoms with Crippen LogP contribution < -0.4 is 14.8 Å². The van der Waals surface area contributed by atoms with Crippen LogP contribution in [0, 0.1) is 0 Å². The molecule has 0 saturated carbocycles. The first kappa shape index (κ1) is 21.5. The van der Waals surface area contributed by atoms with Gasteiger partial charge in [-0.2, -0.15) is 0 Å². The number of hydrogen-bond donors (Lipinski definition) is 1. The molecule has 0 unspecified atom stereocenters. The van der Waals surface area contributed by atoms with Gasteiger partial charge in [-0.25, -0.2) is 0 Å². The van der Waals surface area contributed by atoms with Crippen LogP contribution in [-0.2, 0) is 19.4 Å². The van der Waals surface area contributed by atoms with Gasteiger partial charge in [0.05, 0.1) is 13.2 Å². The number of nitrogens with one attached hydrogen (secondary N) is 1. The Morgan fingerprint density at radius 3 is 1.91 bits per heavy atom. The van der Waals surface area contributed by atoms with Crippen molar-refractivity contribution in [3.05, 3.63) is 126 Å². The number of ether oxygens (including phenoxy) is 2. The molecule has 0 heterocycles. The molecule has 0 saturated heterocycles. The highest BCUT2D eigenvalue weighted by atomic mass is 16.5. The summed E-state index contributed by atoms with van der Waals surface area (Å²) < 4.78 is 12.0. The van der Waals surface area contributed by atoms with E-state index in [9.17, 15) is 0 Å². The molecule has 0 fully saturated rings. The van der Waals surface area contributed by atoms with E-state index >= 15 is 0 Å². The molecule has 4 rings (SSSR count). The van der Waals surface area contributed by atoms with Gasteiger partial charge >= 0.3 is 0 Å². The fourth-order valence-corrected chi connectivity index (χ4v) is 3.54. The van der Waals surface area contributed by atoms with E-state index in [0.717, 1.165) is 35.6 Å². The van der Waals surface area contributed by atoms with Crippen molar-refractivity contribution in [3.8, 4) is 11.5 Å². The van der Waals surface area contributed by atoms with Crippen molar-refractivity contribution in [2.24, 2.45) is 0 Å². The van der Waals surface area contributed by atoms with Crippen molar-refractivity contribution in [2.75, 3.05) is 18.5 Å². The molecule has 162 valence electrons. The molecular weight excluding hydrogens is 394 g/mol. The van der Waals surface area contributed by atoms with Crippen LogP contribution in [0.5, 0.6) is 11.5 Å². The van der Waals surface area contributed by atoms with Crippen LogP contribution in [-0.4, -0.2) is 13.2 Å². The molecule has 3 heteroatoms. The molecule has 0 aliphatic heterocycles.